The van der Waals surface area contributed by atoms with E-state index in [1.807, 2.05) is 24.3 Å². The van der Waals surface area contributed by atoms with E-state index < -0.39 is 0 Å². The number of benzene rings is 2. The Morgan fingerprint density at radius 1 is 0.905 bits per heavy atom. The number of hydrogen-bond acceptors (Lipinski definition) is 2. The minimum atomic E-state index is 0.0408. The van der Waals surface area contributed by atoms with Gasteiger partial charge in [-0.15, -0.1) is 0 Å². The van der Waals surface area contributed by atoms with E-state index in [4.69, 9.17) is 4.84 Å². The Morgan fingerprint density at radius 2 is 1.48 bits per heavy atom. The molecule has 0 fully saturated rings. The summed E-state index contributed by atoms with van der Waals surface area (Å²) >= 11 is 0. The second kappa shape index (κ2) is 8.60. The van der Waals surface area contributed by atoms with Gasteiger partial charge in [-0.05, 0) is 24.5 Å². The van der Waals surface area contributed by atoms with Gasteiger partial charge in [0, 0.05) is 0 Å². The summed E-state index contributed by atoms with van der Waals surface area (Å²) in [7, 11) is 0. The lowest BCUT2D eigenvalue weighted by Gasteiger charge is -2.22. The van der Waals surface area contributed by atoms with Crippen LogP contribution in [0.1, 0.15) is 56.4 Å². The molecule has 2 atom stereocenters. The molecule has 2 aromatic rings. The van der Waals surface area contributed by atoms with Gasteiger partial charge < -0.3 is 0 Å². The predicted molar refractivity (Wildman–Crippen MR) is 87.8 cm³/mol. The van der Waals surface area contributed by atoms with Gasteiger partial charge in [0.05, 0.1) is 6.04 Å². The van der Waals surface area contributed by atoms with Gasteiger partial charge in [-0.1, -0.05) is 80.4 Å². The van der Waals surface area contributed by atoms with Crippen LogP contribution in [-0.4, -0.2) is 0 Å². The first-order valence-electron chi connectivity index (χ1n) is 7.82. The number of rotatable bonds is 8. The minimum absolute atomic E-state index is 0.0408. The molecule has 1 N–H and O–H groups in total. The highest BCUT2D eigenvalue weighted by molar-refractivity contribution is 5.19. The van der Waals surface area contributed by atoms with Gasteiger partial charge in [-0.3, -0.25) is 4.84 Å². The maximum absolute atomic E-state index is 5.89. The number of hydroxylamine groups is 1. The Balaban J connectivity index is 1.96. The van der Waals surface area contributed by atoms with Crippen molar-refractivity contribution in [1.82, 2.24) is 5.48 Å². The summed E-state index contributed by atoms with van der Waals surface area (Å²) in [6.45, 7) is 4.29. The van der Waals surface area contributed by atoms with Crippen molar-refractivity contribution in [1.29, 1.82) is 0 Å². The van der Waals surface area contributed by atoms with Crippen LogP contribution in [-0.2, 0) is 4.84 Å². The second-order valence-corrected chi connectivity index (χ2v) is 5.39. The molecule has 112 valence electrons. The van der Waals surface area contributed by atoms with Crippen molar-refractivity contribution in [3.8, 4) is 0 Å². The van der Waals surface area contributed by atoms with E-state index in [-0.39, 0.29) is 12.1 Å². The van der Waals surface area contributed by atoms with Crippen LogP contribution in [0.2, 0.25) is 0 Å². The first kappa shape index (κ1) is 15.7. The van der Waals surface area contributed by atoms with Crippen LogP contribution in [0.15, 0.2) is 60.7 Å². The Hall–Kier alpha value is -1.64. The summed E-state index contributed by atoms with van der Waals surface area (Å²) in [5, 5.41) is 0. The van der Waals surface area contributed by atoms with Gasteiger partial charge in [0.2, 0.25) is 0 Å². The summed E-state index contributed by atoms with van der Waals surface area (Å²) < 4.78 is 0. The molecule has 0 aliphatic heterocycles. The summed E-state index contributed by atoms with van der Waals surface area (Å²) in [6, 6.07) is 21.1. The first-order chi connectivity index (χ1) is 10.3. The van der Waals surface area contributed by atoms with Gasteiger partial charge in [0.25, 0.3) is 0 Å². The van der Waals surface area contributed by atoms with E-state index in [1.54, 1.807) is 0 Å². The molecule has 0 aromatic heterocycles. The zero-order valence-electron chi connectivity index (χ0n) is 13.0. The number of hydrogen-bond donors (Lipinski definition) is 1. The molecule has 2 aromatic carbocycles. The van der Waals surface area contributed by atoms with Gasteiger partial charge in [0.15, 0.2) is 0 Å². The smallest absolute Gasteiger partial charge is 0.101 e. The fraction of sp³-hybridized carbons (Fsp3) is 0.368. The average Bonchev–Trinajstić information content (AvgIpc) is 2.56. The largest absolute Gasteiger partial charge is 0.293 e. The van der Waals surface area contributed by atoms with Crippen molar-refractivity contribution < 1.29 is 4.84 Å². The van der Waals surface area contributed by atoms with Crippen molar-refractivity contribution >= 4 is 0 Å². The second-order valence-electron chi connectivity index (χ2n) is 5.39. The first-order valence-corrected chi connectivity index (χ1v) is 7.82. The van der Waals surface area contributed by atoms with Gasteiger partial charge in [-0.25, -0.2) is 0 Å². The third-order valence-corrected chi connectivity index (χ3v) is 3.70. The Morgan fingerprint density at radius 3 is 2.05 bits per heavy atom. The summed E-state index contributed by atoms with van der Waals surface area (Å²) in [6.07, 6.45) is 3.51. The van der Waals surface area contributed by atoms with Crippen molar-refractivity contribution in [2.75, 3.05) is 0 Å². The van der Waals surface area contributed by atoms with Crippen LogP contribution in [0.4, 0.5) is 0 Å². The molecule has 2 nitrogen and oxygen atoms in total. The van der Waals surface area contributed by atoms with Crippen LogP contribution >= 0.6 is 0 Å². The topological polar surface area (TPSA) is 21.3 Å². The highest BCUT2D eigenvalue weighted by Gasteiger charge is 2.13. The van der Waals surface area contributed by atoms with Crippen LogP contribution in [0.3, 0.4) is 0 Å². The van der Waals surface area contributed by atoms with E-state index in [0.29, 0.717) is 0 Å². The van der Waals surface area contributed by atoms with E-state index >= 15 is 0 Å². The lowest BCUT2D eigenvalue weighted by molar-refractivity contribution is -0.0393. The van der Waals surface area contributed by atoms with E-state index in [0.717, 1.165) is 6.42 Å². The van der Waals surface area contributed by atoms with E-state index in [9.17, 15) is 0 Å². The standard InChI is InChI=1S/C19H25NO/c1-3-4-15-19(18-13-9-6-10-14-18)20-21-16(2)17-11-7-5-8-12-17/h5-14,16,19-20H,3-4,15H2,1-2H3. The van der Waals surface area contributed by atoms with E-state index in [2.05, 4.69) is 55.7 Å². The highest BCUT2D eigenvalue weighted by atomic mass is 16.7. The Bertz CT molecular complexity index is 497. The van der Waals surface area contributed by atoms with Gasteiger partial charge >= 0.3 is 0 Å². The van der Waals surface area contributed by atoms with Crippen molar-refractivity contribution in [2.45, 2.75) is 45.3 Å². The normalized spacial score (nSPS) is 13.8. The van der Waals surface area contributed by atoms with Crippen molar-refractivity contribution in [2.24, 2.45) is 0 Å². The third-order valence-electron chi connectivity index (χ3n) is 3.70. The quantitative estimate of drug-likeness (QED) is 0.672. The Kier molecular flexibility index (Phi) is 6.45. The molecule has 0 bridgehead atoms. The molecular formula is C19H25NO. The summed E-state index contributed by atoms with van der Waals surface area (Å²) in [5.74, 6) is 0. The molecule has 0 heterocycles. The molecular weight excluding hydrogens is 258 g/mol. The van der Waals surface area contributed by atoms with Gasteiger partial charge in [-0.2, -0.15) is 5.48 Å². The molecule has 0 amide bonds. The number of unbranched alkanes of at least 4 members (excludes halogenated alkanes) is 1. The Labute approximate surface area is 128 Å². The fourth-order valence-electron chi connectivity index (χ4n) is 2.36. The van der Waals surface area contributed by atoms with Crippen LogP contribution in [0, 0.1) is 0 Å². The van der Waals surface area contributed by atoms with Crippen molar-refractivity contribution in [3.05, 3.63) is 71.8 Å². The summed E-state index contributed by atoms with van der Waals surface area (Å²) in [5.41, 5.74) is 5.74. The third kappa shape index (κ3) is 5.00. The molecule has 2 rings (SSSR count). The summed E-state index contributed by atoms with van der Waals surface area (Å²) in [4.78, 5) is 5.89. The molecule has 0 saturated carbocycles. The lowest BCUT2D eigenvalue weighted by atomic mass is 10.0. The van der Waals surface area contributed by atoms with Crippen LogP contribution in [0.25, 0.3) is 0 Å². The molecule has 2 heteroatoms. The fourth-order valence-corrected chi connectivity index (χ4v) is 2.36. The maximum Gasteiger partial charge on any atom is 0.101 e. The number of nitrogens with one attached hydrogen (secondary N) is 1. The molecule has 0 aliphatic carbocycles. The minimum Gasteiger partial charge on any atom is -0.293 e. The van der Waals surface area contributed by atoms with Crippen LogP contribution < -0.4 is 5.48 Å². The molecule has 0 saturated heterocycles. The average molecular weight is 283 g/mol. The van der Waals surface area contributed by atoms with Crippen molar-refractivity contribution in [3.63, 3.8) is 0 Å². The lowest BCUT2D eigenvalue weighted by Crippen LogP contribution is -2.23. The highest BCUT2D eigenvalue weighted by Crippen LogP contribution is 2.22. The van der Waals surface area contributed by atoms with E-state index in [1.165, 1.54) is 24.0 Å². The van der Waals surface area contributed by atoms with Gasteiger partial charge in [0.1, 0.15) is 6.10 Å². The zero-order chi connectivity index (χ0) is 14.9. The van der Waals surface area contributed by atoms with Crippen LogP contribution in [0.5, 0.6) is 0 Å². The maximum atomic E-state index is 5.89. The molecule has 0 aliphatic rings. The molecule has 21 heavy (non-hydrogen) atoms. The molecule has 2 unspecified atom stereocenters. The predicted octanol–water partition coefficient (Wildman–Crippen LogP) is 5.20. The SMILES string of the molecule is CCCCC(NOC(C)c1ccccc1)c1ccccc1. The molecule has 0 spiro atoms. The zero-order valence-corrected chi connectivity index (χ0v) is 13.0. The molecule has 0 radical (unpaired) electrons. The monoisotopic (exact) mass is 283 g/mol.